The first-order chi connectivity index (χ1) is 6.75. The van der Waals surface area contributed by atoms with Crippen molar-refractivity contribution in [2.45, 2.75) is 0 Å². The lowest BCUT2D eigenvalue weighted by molar-refractivity contribution is 0.538. The van der Waals surface area contributed by atoms with Crippen LogP contribution in [0.25, 0.3) is 0 Å². The van der Waals surface area contributed by atoms with Crippen molar-refractivity contribution in [1.82, 2.24) is 10.3 Å². The van der Waals surface area contributed by atoms with Gasteiger partial charge in [0, 0.05) is 38.3 Å². The fraction of sp³-hybridized carbons (Fsp3) is 0.444. The number of piperazine rings is 1. The number of halogens is 2. The Balaban J connectivity index is 2.21. The maximum Gasteiger partial charge on any atom is 0.217 e. The number of aromatic nitrogens is 1. The fourth-order valence-electron chi connectivity index (χ4n) is 1.51. The molecule has 14 heavy (non-hydrogen) atoms. The number of nitrogens with zero attached hydrogens (tertiary/aromatic N) is 2. The Kier molecular flexibility index (Phi) is 2.58. The summed E-state index contributed by atoms with van der Waals surface area (Å²) in [6, 6.07) is 2.04. The molecule has 2 rings (SSSR count). The van der Waals surface area contributed by atoms with Gasteiger partial charge >= 0.3 is 0 Å². The first-order valence-corrected chi connectivity index (χ1v) is 4.54. The van der Waals surface area contributed by atoms with Crippen LogP contribution in [-0.2, 0) is 0 Å². The molecule has 0 saturated carbocycles. The van der Waals surface area contributed by atoms with Gasteiger partial charge in [-0.15, -0.1) is 0 Å². The van der Waals surface area contributed by atoms with Crippen LogP contribution >= 0.6 is 0 Å². The third-order valence-electron chi connectivity index (χ3n) is 2.19. The molecule has 0 aromatic carbocycles. The van der Waals surface area contributed by atoms with E-state index in [1.807, 2.05) is 4.90 Å². The zero-order valence-electron chi connectivity index (χ0n) is 7.63. The number of hydrogen-bond donors (Lipinski definition) is 1. The second kappa shape index (κ2) is 3.88. The molecule has 76 valence electrons. The van der Waals surface area contributed by atoms with Crippen LogP contribution < -0.4 is 10.2 Å². The fourth-order valence-corrected chi connectivity index (χ4v) is 1.51. The average molecular weight is 199 g/mol. The van der Waals surface area contributed by atoms with Crippen LogP contribution in [0.2, 0.25) is 0 Å². The van der Waals surface area contributed by atoms with Crippen molar-refractivity contribution >= 4 is 5.82 Å². The maximum atomic E-state index is 12.9. The molecular formula is C9H11F2N3. The van der Waals surface area contributed by atoms with E-state index in [-0.39, 0.29) is 0 Å². The van der Waals surface area contributed by atoms with Gasteiger partial charge in [0.2, 0.25) is 5.95 Å². The van der Waals surface area contributed by atoms with E-state index in [2.05, 4.69) is 10.3 Å². The zero-order valence-corrected chi connectivity index (χ0v) is 7.63. The van der Waals surface area contributed by atoms with Crippen LogP contribution in [0.15, 0.2) is 12.1 Å². The Morgan fingerprint density at radius 1 is 1.21 bits per heavy atom. The number of anilines is 1. The molecule has 0 aliphatic carbocycles. The monoisotopic (exact) mass is 199 g/mol. The second-order valence-corrected chi connectivity index (χ2v) is 3.20. The predicted molar refractivity (Wildman–Crippen MR) is 49.2 cm³/mol. The van der Waals surface area contributed by atoms with Crippen molar-refractivity contribution in [2.75, 3.05) is 31.1 Å². The van der Waals surface area contributed by atoms with Crippen LogP contribution in [0.1, 0.15) is 0 Å². The molecule has 0 atom stereocenters. The van der Waals surface area contributed by atoms with E-state index < -0.39 is 11.8 Å². The zero-order chi connectivity index (χ0) is 9.97. The van der Waals surface area contributed by atoms with Crippen molar-refractivity contribution in [3.05, 3.63) is 23.9 Å². The summed E-state index contributed by atoms with van der Waals surface area (Å²) in [5.74, 6) is -0.964. The van der Waals surface area contributed by atoms with Gasteiger partial charge < -0.3 is 10.2 Å². The molecule has 1 aliphatic heterocycles. The molecule has 0 radical (unpaired) electrons. The van der Waals surface area contributed by atoms with Crippen molar-refractivity contribution in [3.8, 4) is 0 Å². The van der Waals surface area contributed by atoms with Gasteiger partial charge in [-0.3, -0.25) is 0 Å². The lowest BCUT2D eigenvalue weighted by Gasteiger charge is -2.28. The molecule has 2 heterocycles. The normalized spacial score (nSPS) is 17.1. The first kappa shape index (κ1) is 9.33. The van der Waals surface area contributed by atoms with Crippen molar-refractivity contribution < 1.29 is 8.78 Å². The van der Waals surface area contributed by atoms with Crippen LogP contribution in [0, 0.1) is 11.8 Å². The van der Waals surface area contributed by atoms with Crippen LogP contribution in [-0.4, -0.2) is 31.2 Å². The van der Waals surface area contributed by atoms with Gasteiger partial charge in [-0.2, -0.15) is 4.39 Å². The third-order valence-corrected chi connectivity index (χ3v) is 2.19. The van der Waals surface area contributed by atoms with E-state index in [4.69, 9.17) is 0 Å². The van der Waals surface area contributed by atoms with Gasteiger partial charge in [-0.25, -0.2) is 9.37 Å². The van der Waals surface area contributed by atoms with Crippen LogP contribution in [0.5, 0.6) is 0 Å². The van der Waals surface area contributed by atoms with Crippen LogP contribution in [0.3, 0.4) is 0 Å². The highest BCUT2D eigenvalue weighted by molar-refractivity contribution is 5.39. The molecule has 0 amide bonds. The van der Waals surface area contributed by atoms with Crippen molar-refractivity contribution in [1.29, 1.82) is 0 Å². The quantitative estimate of drug-likeness (QED) is 0.677. The van der Waals surface area contributed by atoms with E-state index in [0.717, 1.165) is 32.2 Å². The minimum absolute atomic E-state index is 0.379. The topological polar surface area (TPSA) is 28.2 Å². The third kappa shape index (κ3) is 1.98. The van der Waals surface area contributed by atoms with E-state index in [1.165, 1.54) is 6.07 Å². The molecule has 1 aromatic rings. The number of rotatable bonds is 1. The second-order valence-electron chi connectivity index (χ2n) is 3.20. The molecule has 1 aliphatic rings. The Bertz CT molecular complexity index is 304. The first-order valence-electron chi connectivity index (χ1n) is 4.54. The summed E-state index contributed by atoms with van der Waals surface area (Å²) in [6.07, 6.45) is 0. The summed E-state index contributed by atoms with van der Waals surface area (Å²) >= 11 is 0. The van der Waals surface area contributed by atoms with Gasteiger partial charge in [0.1, 0.15) is 11.6 Å². The highest BCUT2D eigenvalue weighted by Gasteiger charge is 2.13. The molecule has 0 bridgehead atoms. The van der Waals surface area contributed by atoms with Gasteiger partial charge in [0.05, 0.1) is 0 Å². The van der Waals surface area contributed by atoms with E-state index in [0.29, 0.717) is 5.82 Å². The number of pyridine rings is 1. The Morgan fingerprint density at radius 2 is 1.93 bits per heavy atom. The minimum Gasteiger partial charge on any atom is -0.354 e. The Labute approximate surface area is 80.7 Å². The van der Waals surface area contributed by atoms with E-state index >= 15 is 0 Å². The van der Waals surface area contributed by atoms with Gasteiger partial charge in [0.15, 0.2) is 0 Å². The molecule has 1 saturated heterocycles. The summed E-state index contributed by atoms with van der Waals surface area (Å²) < 4.78 is 25.7. The summed E-state index contributed by atoms with van der Waals surface area (Å²) in [7, 11) is 0. The molecule has 0 unspecified atom stereocenters. The molecule has 5 heteroatoms. The maximum absolute atomic E-state index is 12.9. The lowest BCUT2D eigenvalue weighted by atomic mass is 10.3. The van der Waals surface area contributed by atoms with E-state index in [1.54, 1.807) is 0 Å². The van der Waals surface area contributed by atoms with Crippen molar-refractivity contribution in [2.24, 2.45) is 0 Å². The van der Waals surface area contributed by atoms with E-state index in [9.17, 15) is 8.78 Å². The average Bonchev–Trinajstić information content (AvgIpc) is 2.18. The molecule has 0 spiro atoms. The molecule has 3 nitrogen and oxygen atoms in total. The molecular weight excluding hydrogens is 188 g/mol. The number of nitrogens with one attached hydrogen (secondary N) is 1. The predicted octanol–water partition coefficient (Wildman–Crippen LogP) is 0.769. The molecule has 1 fully saturated rings. The minimum atomic E-state index is -0.765. The van der Waals surface area contributed by atoms with Crippen LogP contribution in [0.4, 0.5) is 14.6 Å². The summed E-state index contributed by atoms with van der Waals surface area (Å²) in [4.78, 5) is 5.51. The summed E-state index contributed by atoms with van der Waals surface area (Å²) in [6.45, 7) is 3.10. The lowest BCUT2D eigenvalue weighted by Crippen LogP contribution is -2.44. The Morgan fingerprint density at radius 3 is 2.57 bits per heavy atom. The highest BCUT2D eigenvalue weighted by Crippen LogP contribution is 2.13. The molecule has 1 N–H and O–H groups in total. The standard InChI is InChI=1S/C9H11F2N3/c10-7-5-8(11)13-9(6-7)14-3-1-12-2-4-14/h5-6,12H,1-4H2. The van der Waals surface area contributed by atoms with Gasteiger partial charge in [-0.1, -0.05) is 0 Å². The summed E-state index contributed by atoms with van der Waals surface area (Å²) in [5, 5.41) is 3.16. The smallest absolute Gasteiger partial charge is 0.217 e. The van der Waals surface area contributed by atoms with Crippen molar-refractivity contribution in [3.63, 3.8) is 0 Å². The molecule has 1 aromatic heterocycles. The largest absolute Gasteiger partial charge is 0.354 e. The number of hydrogen-bond acceptors (Lipinski definition) is 3. The Hall–Kier alpha value is -1.23. The van der Waals surface area contributed by atoms with Gasteiger partial charge in [0.25, 0.3) is 0 Å². The summed E-state index contributed by atoms with van der Waals surface area (Å²) in [5.41, 5.74) is 0. The van der Waals surface area contributed by atoms with Gasteiger partial charge in [-0.05, 0) is 0 Å². The SMILES string of the molecule is Fc1cc(F)nc(N2CCNCC2)c1. The highest BCUT2D eigenvalue weighted by atomic mass is 19.1.